The van der Waals surface area contributed by atoms with Crippen molar-refractivity contribution in [2.75, 3.05) is 53.1 Å². The predicted octanol–water partition coefficient (Wildman–Crippen LogP) is 5.76. The maximum Gasteiger partial charge on any atom is 0.295 e. The number of aliphatic hydroxyl groups is 1. The SMILES string of the molecule is COc1cc(C2C(=C(O)c3ccc(OCc4ccccc4C)cc3)C(=O)C(=O)N2CCN2CCOCC2)ccc1OCCC(C)C. The van der Waals surface area contributed by atoms with Crippen molar-refractivity contribution in [2.24, 2.45) is 5.92 Å². The number of methoxy groups -OCH3 is 1. The molecule has 0 aliphatic carbocycles. The van der Waals surface area contributed by atoms with Gasteiger partial charge in [-0.25, -0.2) is 0 Å². The first-order chi connectivity index (χ1) is 22.3. The van der Waals surface area contributed by atoms with Gasteiger partial charge in [-0.1, -0.05) is 44.2 Å². The van der Waals surface area contributed by atoms with Gasteiger partial charge in [0, 0.05) is 31.7 Å². The van der Waals surface area contributed by atoms with Crippen LogP contribution in [0.25, 0.3) is 5.76 Å². The lowest BCUT2D eigenvalue weighted by Gasteiger charge is -2.31. The number of ketones is 1. The van der Waals surface area contributed by atoms with Crippen LogP contribution in [0.2, 0.25) is 0 Å². The van der Waals surface area contributed by atoms with Crippen LogP contribution in [0.1, 0.15) is 48.6 Å². The number of carbonyl (C=O) groups is 2. The molecule has 46 heavy (non-hydrogen) atoms. The summed E-state index contributed by atoms with van der Waals surface area (Å²) in [6, 6.07) is 19.5. The van der Waals surface area contributed by atoms with Crippen LogP contribution in [0.3, 0.4) is 0 Å². The Morgan fingerprint density at radius 1 is 0.957 bits per heavy atom. The predicted molar refractivity (Wildman–Crippen MR) is 176 cm³/mol. The maximum atomic E-state index is 13.6. The first-order valence-electron chi connectivity index (χ1n) is 15.9. The van der Waals surface area contributed by atoms with E-state index in [9.17, 15) is 14.7 Å². The minimum atomic E-state index is -0.809. The second-order valence-corrected chi connectivity index (χ2v) is 12.1. The number of aryl methyl sites for hydroxylation is 1. The van der Waals surface area contributed by atoms with Crippen molar-refractivity contribution in [3.8, 4) is 17.2 Å². The summed E-state index contributed by atoms with van der Waals surface area (Å²) in [6.45, 7) is 10.9. The number of carbonyl (C=O) groups excluding carboxylic acids is 2. The molecular formula is C37H44N2O7. The third-order valence-corrected chi connectivity index (χ3v) is 8.54. The molecule has 1 amide bonds. The molecule has 2 heterocycles. The topological polar surface area (TPSA) is 97.8 Å². The molecule has 3 aromatic carbocycles. The quantitative estimate of drug-likeness (QED) is 0.145. The summed E-state index contributed by atoms with van der Waals surface area (Å²) in [5.74, 6) is 0.590. The van der Waals surface area contributed by atoms with Crippen LogP contribution in [-0.2, 0) is 20.9 Å². The van der Waals surface area contributed by atoms with E-state index in [0.29, 0.717) is 73.8 Å². The molecule has 5 rings (SSSR count). The van der Waals surface area contributed by atoms with Gasteiger partial charge in [-0.2, -0.15) is 0 Å². The van der Waals surface area contributed by atoms with Crippen molar-refractivity contribution in [3.63, 3.8) is 0 Å². The number of benzene rings is 3. The summed E-state index contributed by atoms with van der Waals surface area (Å²) in [7, 11) is 1.56. The van der Waals surface area contributed by atoms with Crippen LogP contribution in [0.5, 0.6) is 17.2 Å². The highest BCUT2D eigenvalue weighted by atomic mass is 16.5. The van der Waals surface area contributed by atoms with Crippen molar-refractivity contribution in [3.05, 3.63) is 94.6 Å². The Morgan fingerprint density at radius 2 is 1.70 bits per heavy atom. The molecule has 1 unspecified atom stereocenters. The minimum absolute atomic E-state index is 0.0380. The third kappa shape index (κ3) is 7.71. The molecular weight excluding hydrogens is 584 g/mol. The second kappa shape index (κ2) is 15.3. The third-order valence-electron chi connectivity index (χ3n) is 8.54. The zero-order valence-electron chi connectivity index (χ0n) is 27.2. The second-order valence-electron chi connectivity index (χ2n) is 12.1. The fourth-order valence-corrected chi connectivity index (χ4v) is 5.71. The Balaban J connectivity index is 1.45. The smallest absolute Gasteiger partial charge is 0.295 e. The van der Waals surface area contributed by atoms with Gasteiger partial charge in [-0.05, 0) is 72.4 Å². The molecule has 2 aliphatic heterocycles. The van der Waals surface area contributed by atoms with Crippen LogP contribution < -0.4 is 14.2 Å². The van der Waals surface area contributed by atoms with Crippen molar-refractivity contribution < 1.29 is 33.6 Å². The first-order valence-corrected chi connectivity index (χ1v) is 15.9. The van der Waals surface area contributed by atoms with E-state index in [1.165, 1.54) is 0 Å². The number of morpholine rings is 1. The van der Waals surface area contributed by atoms with Gasteiger partial charge >= 0.3 is 0 Å². The van der Waals surface area contributed by atoms with E-state index in [-0.39, 0.29) is 11.3 Å². The van der Waals surface area contributed by atoms with E-state index >= 15 is 0 Å². The molecule has 3 aromatic rings. The largest absolute Gasteiger partial charge is 0.507 e. The Morgan fingerprint density at radius 3 is 2.39 bits per heavy atom. The van der Waals surface area contributed by atoms with Crippen molar-refractivity contribution in [2.45, 2.75) is 39.8 Å². The lowest BCUT2D eigenvalue weighted by Crippen LogP contribution is -2.42. The number of rotatable bonds is 13. The summed E-state index contributed by atoms with van der Waals surface area (Å²) in [5.41, 5.74) is 3.32. The lowest BCUT2D eigenvalue weighted by molar-refractivity contribution is -0.140. The summed E-state index contributed by atoms with van der Waals surface area (Å²) in [4.78, 5) is 30.9. The summed E-state index contributed by atoms with van der Waals surface area (Å²) < 4.78 is 23.1. The monoisotopic (exact) mass is 628 g/mol. The first kappa shape index (κ1) is 33.0. The number of hydrogen-bond acceptors (Lipinski definition) is 8. The lowest BCUT2D eigenvalue weighted by atomic mass is 9.95. The number of likely N-dealkylation sites (tertiary alicyclic amines) is 1. The molecule has 0 bridgehead atoms. The zero-order valence-corrected chi connectivity index (χ0v) is 27.2. The van der Waals surface area contributed by atoms with Crippen molar-refractivity contribution in [1.82, 2.24) is 9.80 Å². The average Bonchev–Trinajstić information content (AvgIpc) is 3.32. The molecule has 0 saturated carbocycles. The fraction of sp³-hybridized carbons (Fsp3) is 0.405. The summed E-state index contributed by atoms with van der Waals surface area (Å²) >= 11 is 0. The van der Waals surface area contributed by atoms with E-state index in [1.54, 1.807) is 48.4 Å². The highest BCUT2D eigenvalue weighted by molar-refractivity contribution is 6.46. The van der Waals surface area contributed by atoms with Crippen molar-refractivity contribution in [1.29, 1.82) is 0 Å². The van der Waals surface area contributed by atoms with Gasteiger partial charge in [-0.3, -0.25) is 14.5 Å². The molecule has 9 heteroatoms. The van der Waals surface area contributed by atoms with Gasteiger partial charge in [0.25, 0.3) is 11.7 Å². The number of nitrogens with zero attached hydrogens (tertiary/aromatic N) is 2. The molecule has 9 nitrogen and oxygen atoms in total. The molecule has 2 saturated heterocycles. The molecule has 0 aromatic heterocycles. The summed E-state index contributed by atoms with van der Waals surface area (Å²) in [5, 5.41) is 11.6. The Kier molecular flexibility index (Phi) is 11.0. The highest BCUT2D eigenvalue weighted by Crippen LogP contribution is 2.42. The summed E-state index contributed by atoms with van der Waals surface area (Å²) in [6.07, 6.45) is 0.891. The number of amides is 1. The van der Waals surface area contributed by atoms with Gasteiger partial charge in [0.15, 0.2) is 11.5 Å². The van der Waals surface area contributed by atoms with Crippen LogP contribution in [0, 0.1) is 12.8 Å². The van der Waals surface area contributed by atoms with E-state index < -0.39 is 17.7 Å². The molecule has 2 aliphatic rings. The number of ether oxygens (including phenoxy) is 4. The van der Waals surface area contributed by atoms with E-state index in [2.05, 4.69) is 18.7 Å². The van der Waals surface area contributed by atoms with Crippen molar-refractivity contribution >= 4 is 17.4 Å². The number of Topliss-reactive ketones (excluding diaryl/α,β-unsaturated/α-hetero) is 1. The molecule has 0 spiro atoms. The van der Waals surface area contributed by atoms with Crippen LogP contribution in [-0.4, -0.2) is 79.7 Å². The van der Waals surface area contributed by atoms with Crippen LogP contribution in [0.4, 0.5) is 0 Å². The standard InChI is InChI=1S/C37H44N2O7/c1-25(2)15-20-45-31-14-11-28(23-32(31)43-4)34-33(36(41)37(42)39(34)17-16-38-18-21-44-22-19-38)35(40)27-9-12-30(13-10-27)46-24-29-8-6-5-7-26(29)3/h5-14,23,25,34,40H,15-22,24H2,1-4H3. The zero-order chi connectivity index (χ0) is 32.6. The minimum Gasteiger partial charge on any atom is -0.507 e. The van der Waals surface area contributed by atoms with E-state index in [1.807, 2.05) is 37.3 Å². The molecule has 1 atom stereocenters. The van der Waals surface area contributed by atoms with Gasteiger partial charge < -0.3 is 29.0 Å². The Hall–Kier alpha value is -4.34. The average molecular weight is 629 g/mol. The molecule has 244 valence electrons. The highest BCUT2D eigenvalue weighted by Gasteiger charge is 2.46. The van der Waals surface area contributed by atoms with Gasteiger partial charge in [0.1, 0.15) is 18.1 Å². The van der Waals surface area contributed by atoms with E-state index in [0.717, 1.165) is 30.6 Å². The van der Waals surface area contributed by atoms with Gasteiger partial charge in [0.2, 0.25) is 0 Å². The van der Waals surface area contributed by atoms with Gasteiger partial charge in [0.05, 0.1) is 38.5 Å². The Bertz CT molecular complexity index is 1540. The van der Waals surface area contributed by atoms with E-state index in [4.69, 9.17) is 18.9 Å². The Labute approximate surface area is 271 Å². The number of hydrogen-bond donors (Lipinski definition) is 1. The normalized spacial score (nSPS) is 18.3. The van der Waals surface area contributed by atoms with Gasteiger partial charge in [-0.15, -0.1) is 0 Å². The van der Waals surface area contributed by atoms with Crippen LogP contribution in [0.15, 0.2) is 72.3 Å². The molecule has 1 N–H and O–H groups in total. The fourth-order valence-electron chi connectivity index (χ4n) is 5.71. The number of aliphatic hydroxyl groups excluding tert-OH is 1. The molecule has 0 radical (unpaired) electrons. The maximum absolute atomic E-state index is 13.6. The molecule has 2 fully saturated rings. The van der Waals surface area contributed by atoms with Crippen LogP contribution >= 0.6 is 0 Å².